The minimum atomic E-state index is -0.815. The molecule has 0 bridgehead atoms. The average molecular weight is 241 g/mol. The first-order chi connectivity index (χ1) is 7.66. The Labute approximate surface area is 98.1 Å². The summed E-state index contributed by atoms with van der Waals surface area (Å²) in [6, 6.07) is 0. The molecule has 1 saturated carbocycles. The smallest absolute Gasteiger partial charge is 0.329 e. The van der Waals surface area contributed by atoms with E-state index < -0.39 is 11.5 Å². The first-order valence-electron chi connectivity index (χ1n) is 5.50. The van der Waals surface area contributed by atoms with Crippen LogP contribution in [0.1, 0.15) is 38.4 Å². The zero-order valence-electron chi connectivity index (χ0n) is 9.19. The van der Waals surface area contributed by atoms with Gasteiger partial charge in [-0.25, -0.2) is 9.78 Å². The summed E-state index contributed by atoms with van der Waals surface area (Å²) in [6.45, 7) is 1.98. The van der Waals surface area contributed by atoms with Gasteiger partial charge >= 0.3 is 5.97 Å². The topological polar surface area (TPSA) is 75.1 Å². The van der Waals surface area contributed by atoms with Gasteiger partial charge in [-0.3, -0.25) is 0 Å². The Morgan fingerprint density at radius 2 is 2.25 bits per heavy atom. The van der Waals surface area contributed by atoms with Crippen LogP contribution in [0.4, 0.5) is 5.13 Å². The van der Waals surface area contributed by atoms with Crippen LogP contribution >= 0.6 is 11.5 Å². The number of hydrogen-bond acceptors (Lipinski definition) is 5. The van der Waals surface area contributed by atoms with Crippen LogP contribution in [0.2, 0.25) is 0 Å². The highest BCUT2D eigenvalue weighted by molar-refractivity contribution is 7.09. The van der Waals surface area contributed by atoms with Crippen LogP contribution in [0, 0.1) is 0 Å². The number of aliphatic carboxylic acids is 1. The van der Waals surface area contributed by atoms with Crippen molar-refractivity contribution in [2.75, 3.05) is 5.32 Å². The normalized spacial score (nSPS) is 18.6. The number of aromatic nitrogens is 2. The quantitative estimate of drug-likeness (QED) is 0.842. The zero-order valence-corrected chi connectivity index (χ0v) is 10.0. The minimum Gasteiger partial charge on any atom is -0.480 e. The number of rotatable bonds is 4. The molecule has 2 rings (SSSR count). The van der Waals surface area contributed by atoms with E-state index in [0.29, 0.717) is 18.0 Å². The Morgan fingerprint density at radius 1 is 1.56 bits per heavy atom. The fraction of sp³-hybridized carbons (Fsp3) is 0.700. The monoisotopic (exact) mass is 241 g/mol. The first-order valence-corrected chi connectivity index (χ1v) is 6.28. The summed E-state index contributed by atoms with van der Waals surface area (Å²) in [5.74, 6) is -0.00992. The SMILES string of the molecule is CCc1nsc(NC2(C(=O)O)CCCC2)n1. The van der Waals surface area contributed by atoms with Gasteiger partial charge in [0.2, 0.25) is 5.13 Å². The van der Waals surface area contributed by atoms with Crippen molar-refractivity contribution in [1.29, 1.82) is 0 Å². The van der Waals surface area contributed by atoms with E-state index in [0.717, 1.165) is 25.1 Å². The van der Waals surface area contributed by atoms with Gasteiger partial charge in [-0.05, 0) is 12.8 Å². The van der Waals surface area contributed by atoms with Crippen molar-refractivity contribution in [2.24, 2.45) is 0 Å². The number of hydrogen-bond donors (Lipinski definition) is 2. The van der Waals surface area contributed by atoms with Crippen molar-refractivity contribution in [3.63, 3.8) is 0 Å². The summed E-state index contributed by atoms with van der Waals surface area (Å²) in [5.41, 5.74) is -0.815. The van der Waals surface area contributed by atoms with E-state index in [1.165, 1.54) is 11.5 Å². The molecule has 5 nitrogen and oxygen atoms in total. The maximum absolute atomic E-state index is 11.3. The molecule has 1 aromatic rings. The van der Waals surface area contributed by atoms with Crippen molar-refractivity contribution in [1.82, 2.24) is 9.36 Å². The lowest BCUT2D eigenvalue weighted by molar-refractivity contribution is -0.142. The van der Waals surface area contributed by atoms with Crippen LogP contribution in [0.15, 0.2) is 0 Å². The van der Waals surface area contributed by atoms with E-state index in [-0.39, 0.29) is 0 Å². The summed E-state index contributed by atoms with van der Waals surface area (Å²) in [4.78, 5) is 15.6. The number of anilines is 1. The van der Waals surface area contributed by atoms with E-state index in [1.807, 2.05) is 6.92 Å². The molecule has 1 heterocycles. The molecule has 0 unspecified atom stereocenters. The molecule has 1 aliphatic rings. The standard InChI is InChI=1S/C10H15N3O2S/c1-2-7-11-9(16-13-7)12-10(8(14)15)5-3-4-6-10/h2-6H2,1H3,(H,14,15)(H,11,12,13). The maximum atomic E-state index is 11.3. The molecule has 0 aliphatic heterocycles. The second kappa shape index (κ2) is 4.37. The summed E-state index contributed by atoms with van der Waals surface area (Å²) < 4.78 is 4.14. The number of carbonyl (C=O) groups is 1. The average Bonchev–Trinajstić information content (AvgIpc) is 2.88. The molecule has 1 fully saturated rings. The number of aryl methyl sites for hydroxylation is 1. The van der Waals surface area contributed by atoms with Gasteiger partial charge in [0.15, 0.2) is 0 Å². The van der Waals surface area contributed by atoms with E-state index in [4.69, 9.17) is 0 Å². The first kappa shape index (κ1) is 11.3. The Bertz CT molecular complexity index is 385. The highest BCUT2D eigenvalue weighted by Gasteiger charge is 2.41. The second-order valence-corrected chi connectivity index (χ2v) is 4.84. The lowest BCUT2D eigenvalue weighted by atomic mass is 9.98. The Morgan fingerprint density at radius 3 is 2.75 bits per heavy atom. The number of carboxylic acid groups (broad SMARTS) is 1. The largest absolute Gasteiger partial charge is 0.480 e. The molecule has 16 heavy (non-hydrogen) atoms. The van der Waals surface area contributed by atoms with Gasteiger partial charge in [0.25, 0.3) is 0 Å². The Hall–Kier alpha value is -1.17. The zero-order chi connectivity index (χ0) is 11.6. The predicted octanol–water partition coefficient (Wildman–Crippen LogP) is 1.91. The van der Waals surface area contributed by atoms with E-state index in [1.54, 1.807) is 0 Å². The van der Waals surface area contributed by atoms with Crippen LogP contribution < -0.4 is 5.32 Å². The maximum Gasteiger partial charge on any atom is 0.329 e. The van der Waals surface area contributed by atoms with Gasteiger partial charge in [-0.2, -0.15) is 4.37 Å². The molecule has 1 aliphatic carbocycles. The summed E-state index contributed by atoms with van der Waals surface area (Å²) in [6.07, 6.45) is 4.03. The van der Waals surface area contributed by atoms with Crippen molar-refractivity contribution in [3.05, 3.63) is 5.82 Å². The highest BCUT2D eigenvalue weighted by Crippen LogP contribution is 2.33. The van der Waals surface area contributed by atoms with Crippen molar-refractivity contribution in [3.8, 4) is 0 Å². The van der Waals surface area contributed by atoms with Crippen LogP contribution in [-0.4, -0.2) is 26.0 Å². The molecule has 2 N–H and O–H groups in total. The van der Waals surface area contributed by atoms with Gasteiger partial charge < -0.3 is 10.4 Å². The van der Waals surface area contributed by atoms with E-state index in [9.17, 15) is 9.90 Å². The molecule has 1 aromatic heterocycles. The molecule has 0 aromatic carbocycles. The summed E-state index contributed by atoms with van der Waals surface area (Å²) in [7, 11) is 0. The highest BCUT2D eigenvalue weighted by atomic mass is 32.1. The summed E-state index contributed by atoms with van der Waals surface area (Å²) in [5, 5.41) is 13.0. The van der Waals surface area contributed by atoms with Gasteiger partial charge in [0.05, 0.1) is 0 Å². The van der Waals surface area contributed by atoms with E-state index in [2.05, 4.69) is 14.7 Å². The second-order valence-electron chi connectivity index (χ2n) is 4.09. The molecular weight excluding hydrogens is 226 g/mol. The van der Waals surface area contributed by atoms with Crippen LogP contribution in [-0.2, 0) is 11.2 Å². The third kappa shape index (κ3) is 2.02. The molecule has 6 heteroatoms. The minimum absolute atomic E-state index is 0.626. The lowest BCUT2D eigenvalue weighted by Crippen LogP contribution is -2.43. The fourth-order valence-electron chi connectivity index (χ4n) is 2.02. The lowest BCUT2D eigenvalue weighted by Gasteiger charge is -2.24. The molecule has 0 amide bonds. The van der Waals surface area contributed by atoms with Gasteiger partial charge in [-0.1, -0.05) is 19.8 Å². The van der Waals surface area contributed by atoms with E-state index >= 15 is 0 Å². The fourth-order valence-corrected chi connectivity index (χ4v) is 2.77. The molecule has 0 atom stereocenters. The third-order valence-corrected chi connectivity index (χ3v) is 3.67. The number of nitrogens with zero attached hydrogens (tertiary/aromatic N) is 2. The summed E-state index contributed by atoms with van der Waals surface area (Å²) >= 11 is 1.24. The van der Waals surface area contributed by atoms with Crippen molar-refractivity contribution < 1.29 is 9.90 Å². The Kier molecular flexibility index (Phi) is 3.09. The van der Waals surface area contributed by atoms with Crippen molar-refractivity contribution >= 4 is 22.6 Å². The molecule has 88 valence electrons. The Balaban J connectivity index is 2.14. The van der Waals surface area contributed by atoms with Gasteiger partial charge in [0.1, 0.15) is 11.4 Å². The number of nitrogens with one attached hydrogen (secondary N) is 1. The molecule has 0 saturated heterocycles. The molecule has 0 radical (unpaired) electrons. The molecular formula is C10H15N3O2S. The number of carboxylic acids is 1. The van der Waals surface area contributed by atoms with Crippen molar-refractivity contribution in [2.45, 2.75) is 44.6 Å². The third-order valence-electron chi connectivity index (χ3n) is 3.00. The predicted molar refractivity (Wildman–Crippen MR) is 61.7 cm³/mol. The van der Waals surface area contributed by atoms with Crippen LogP contribution in [0.5, 0.6) is 0 Å². The van der Waals surface area contributed by atoms with Gasteiger partial charge in [0, 0.05) is 18.0 Å². The van der Waals surface area contributed by atoms with Crippen LogP contribution in [0.25, 0.3) is 0 Å². The van der Waals surface area contributed by atoms with Crippen LogP contribution in [0.3, 0.4) is 0 Å². The van der Waals surface area contributed by atoms with Gasteiger partial charge in [-0.15, -0.1) is 0 Å². The molecule has 0 spiro atoms.